The zero-order valence-electron chi connectivity index (χ0n) is 34.2. The molecule has 0 fully saturated rings. The van der Waals surface area contributed by atoms with Crippen LogP contribution in [0.3, 0.4) is 0 Å². The van der Waals surface area contributed by atoms with Gasteiger partial charge in [-0.3, -0.25) is 4.57 Å². The highest BCUT2D eigenvalue weighted by Gasteiger charge is 2.28. The van der Waals surface area contributed by atoms with Crippen molar-refractivity contribution in [3.05, 3.63) is 223 Å². The van der Waals surface area contributed by atoms with E-state index in [9.17, 15) is 0 Å². The van der Waals surface area contributed by atoms with Crippen molar-refractivity contribution in [2.24, 2.45) is 0 Å². The molecule has 0 atom stereocenters. The van der Waals surface area contributed by atoms with Crippen molar-refractivity contribution in [2.45, 2.75) is 6.42 Å². The van der Waals surface area contributed by atoms with Crippen LogP contribution in [0.4, 0.5) is 0 Å². The molecule has 0 saturated heterocycles. The minimum atomic E-state index is 0.580. The number of rotatable bonds is 6. The lowest BCUT2D eigenvalue weighted by atomic mass is 9.94. The smallest absolute Gasteiger partial charge is 0.238 e. The van der Waals surface area contributed by atoms with Gasteiger partial charge in [0.1, 0.15) is 0 Å². The van der Waals surface area contributed by atoms with Crippen molar-refractivity contribution < 1.29 is 0 Å². The number of fused-ring (bicyclic) bond motifs is 10. The van der Waals surface area contributed by atoms with E-state index in [0.29, 0.717) is 17.6 Å². The van der Waals surface area contributed by atoms with Gasteiger partial charge in [0.2, 0.25) is 5.95 Å². The van der Waals surface area contributed by atoms with Gasteiger partial charge in [0.05, 0.1) is 22.1 Å². The molecule has 0 radical (unpaired) electrons. The van der Waals surface area contributed by atoms with Crippen LogP contribution >= 0.6 is 0 Å². The topological polar surface area (TPSA) is 48.5 Å². The van der Waals surface area contributed by atoms with Gasteiger partial charge in [-0.2, -0.15) is 9.97 Å². The van der Waals surface area contributed by atoms with E-state index in [-0.39, 0.29) is 0 Å². The van der Waals surface area contributed by atoms with Gasteiger partial charge >= 0.3 is 0 Å². The number of nitrogens with zero attached hydrogens (tertiary/aromatic N) is 5. The van der Waals surface area contributed by atoms with E-state index in [1.165, 1.54) is 60.7 Å². The second-order valence-corrected chi connectivity index (χ2v) is 16.3. The largest absolute Gasteiger partial charge is 0.309 e. The lowest BCUT2D eigenvalue weighted by Gasteiger charge is -2.15. The molecule has 0 aliphatic heterocycles. The van der Waals surface area contributed by atoms with E-state index in [1.54, 1.807) is 0 Å². The molecule has 294 valence electrons. The number of hydrogen-bond donors (Lipinski definition) is 0. The van der Waals surface area contributed by atoms with Crippen LogP contribution < -0.4 is 0 Å². The summed E-state index contributed by atoms with van der Waals surface area (Å²) in [6.45, 7) is 0. The normalized spacial score (nSPS) is 12.1. The molecule has 12 aromatic rings. The van der Waals surface area contributed by atoms with Crippen LogP contribution in [-0.2, 0) is 6.42 Å². The van der Waals surface area contributed by atoms with Crippen molar-refractivity contribution in [1.82, 2.24) is 24.1 Å². The Bertz CT molecular complexity index is 3680. The summed E-state index contributed by atoms with van der Waals surface area (Å²) in [6.07, 6.45) is 0.878. The first-order valence-corrected chi connectivity index (χ1v) is 21.5. The summed E-state index contributed by atoms with van der Waals surface area (Å²) in [7, 11) is 0. The lowest BCUT2D eigenvalue weighted by Crippen LogP contribution is -2.06. The van der Waals surface area contributed by atoms with Gasteiger partial charge in [-0.1, -0.05) is 176 Å². The van der Waals surface area contributed by atoms with Crippen molar-refractivity contribution in [3.63, 3.8) is 0 Å². The van der Waals surface area contributed by atoms with Crippen LogP contribution in [0.15, 0.2) is 212 Å². The van der Waals surface area contributed by atoms with Crippen LogP contribution in [-0.4, -0.2) is 24.1 Å². The van der Waals surface area contributed by atoms with Gasteiger partial charge in [0, 0.05) is 38.4 Å². The van der Waals surface area contributed by atoms with Crippen molar-refractivity contribution >= 4 is 43.6 Å². The predicted octanol–water partition coefficient (Wildman–Crippen LogP) is 14.3. The molecule has 1 aliphatic rings. The highest BCUT2D eigenvalue weighted by molar-refractivity contribution is 6.29. The Kier molecular flexibility index (Phi) is 7.90. The van der Waals surface area contributed by atoms with Crippen LogP contribution in [0.1, 0.15) is 11.1 Å². The quantitative estimate of drug-likeness (QED) is 0.168. The summed E-state index contributed by atoms with van der Waals surface area (Å²) in [4.78, 5) is 15.5. The van der Waals surface area contributed by atoms with Crippen LogP contribution in [0, 0.1) is 0 Å². The van der Waals surface area contributed by atoms with E-state index in [0.717, 1.165) is 50.7 Å². The number of hydrogen-bond acceptors (Lipinski definition) is 3. The van der Waals surface area contributed by atoms with E-state index in [1.807, 2.05) is 36.4 Å². The second kappa shape index (κ2) is 14.1. The molecule has 9 aromatic carbocycles. The maximum absolute atomic E-state index is 5.22. The van der Waals surface area contributed by atoms with Gasteiger partial charge in [-0.15, -0.1) is 0 Å². The average Bonchev–Trinajstić information content (AvgIpc) is 4.02. The van der Waals surface area contributed by atoms with Gasteiger partial charge in [0.15, 0.2) is 11.6 Å². The first kappa shape index (κ1) is 35.4. The summed E-state index contributed by atoms with van der Waals surface area (Å²) in [5.74, 6) is 1.84. The third-order valence-corrected chi connectivity index (χ3v) is 12.8. The van der Waals surface area contributed by atoms with Crippen molar-refractivity contribution in [2.75, 3.05) is 0 Å². The molecular weight excluding hydrogens is 767 g/mol. The summed E-state index contributed by atoms with van der Waals surface area (Å²) >= 11 is 0. The van der Waals surface area contributed by atoms with Crippen molar-refractivity contribution in [1.29, 1.82) is 0 Å². The molecule has 3 aromatic heterocycles. The van der Waals surface area contributed by atoms with Gasteiger partial charge in [0.25, 0.3) is 0 Å². The number of benzene rings is 9. The second-order valence-electron chi connectivity index (χ2n) is 16.3. The molecule has 13 rings (SSSR count). The lowest BCUT2D eigenvalue weighted by molar-refractivity contribution is 0.953. The Balaban J connectivity index is 1.09. The SMILES string of the molecule is c1ccc(-c2nc(-c3ccccc3)nc(-n3c4ccccc4c4c5c6ccccc6n(-c6cc(-c7ccccc7)c7c(c6)-c6cccc(-c8ccccc8)c6C7)c5ccc43)n2)cc1. The Labute approximate surface area is 363 Å². The molecule has 0 bridgehead atoms. The maximum atomic E-state index is 5.22. The molecule has 3 heterocycles. The minimum absolute atomic E-state index is 0.580. The average molecular weight is 804 g/mol. The molecule has 5 heteroatoms. The Morgan fingerprint density at radius 2 is 0.762 bits per heavy atom. The molecule has 1 aliphatic carbocycles. The highest BCUT2D eigenvalue weighted by Crippen LogP contribution is 2.48. The first-order valence-electron chi connectivity index (χ1n) is 21.5. The van der Waals surface area contributed by atoms with Crippen LogP contribution in [0.25, 0.3) is 111 Å². The fourth-order valence-corrected chi connectivity index (χ4v) is 10.1. The molecule has 5 nitrogen and oxygen atoms in total. The standard InChI is InChI=1S/C58H37N5/c1-5-18-37(19-6-1)42-28-17-29-43-47-35-41(34-46(49(47)36-48(42)43)38-20-7-2-8-21-38)62-50-30-15-13-26-44(50)54-52(62)32-33-53-55(54)45-27-14-16-31-51(45)63(53)58-60-56(39-22-9-3-10-23-39)59-57(61-58)40-24-11-4-12-25-40/h1-35H,36H2. The molecule has 0 unspecified atom stereocenters. The van der Waals surface area contributed by atoms with Crippen molar-refractivity contribution in [3.8, 4) is 67.8 Å². The molecule has 0 N–H and O–H groups in total. The molecule has 0 saturated carbocycles. The van der Waals surface area contributed by atoms with Gasteiger partial charge in [-0.05, 0) is 87.3 Å². The Morgan fingerprint density at radius 1 is 0.317 bits per heavy atom. The van der Waals surface area contributed by atoms with E-state index in [4.69, 9.17) is 15.0 Å². The maximum Gasteiger partial charge on any atom is 0.238 e. The van der Waals surface area contributed by atoms with E-state index < -0.39 is 0 Å². The van der Waals surface area contributed by atoms with Crippen LogP contribution in [0.2, 0.25) is 0 Å². The Morgan fingerprint density at radius 3 is 1.35 bits per heavy atom. The summed E-state index contributed by atoms with van der Waals surface area (Å²) in [5, 5.41) is 4.71. The molecule has 63 heavy (non-hydrogen) atoms. The Hall–Kier alpha value is -8.41. The van der Waals surface area contributed by atoms with Gasteiger partial charge in [-0.25, -0.2) is 4.98 Å². The highest BCUT2D eigenvalue weighted by atomic mass is 15.2. The molecule has 0 spiro atoms. The predicted molar refractivity (Wildman–Crippen MR) is 258 cm³/mol. The monoisotopic (exact) mass is 803 g/mol. The fourth-order valence-electron chi connectivity index (χ4n) is 10.1. The third-order valence-electron chi connectivity index (χ3n) is 12.8. The number of para-hydroxylation sites is 2. The fraction of sp³-hybridized carbons (Fsp3) is 0.0172. The third kappa shape index (κ3) is 5.53. The molecule has 0 amide bonds. The first-order chi connectivity index (χ1) is 31.3. The minimum Gasteiger partial charge on any atom is -0.309 e. The zero-order chi connectivity index (χ0) is 41.4. The van der Waals surface area contributed by atoms with E-state index in [2.05, 4.69) is 185 Å². The summed E-state index contributed by atoms with van der Waals surface area (Å²) in [6, 6.07) is 75.8. The summed E-state index contributed by atoms with van der Waals surface area (Å²) in [5.41, 5.74) is 17.8. The number of aromatic nitrogens is 5. The zero-order valence-corrected chi connectivity index (χ0v) is 34.2. The van der Waals surface area contributed by atoms with E-state index >= 15 is 0 Å². The molecular formula is C58H37N5. The summed E-state index contributed by atoms with van der Waals surface area (Å²) < 4.78 is 4.70. The van der Waals surface area contributed by atoms with Crippen LogP contribution in [0.5, 0.6) is 0 Å². The van der Waals surface area contributed by atoms with Gasteiger partial charge < -0.3 is 4.57 Å².